The largest absolute Gasteiger partial charge is 0.0622 e. The van der Waals surface area contributed by atoms with Crippen molar-refractivity contribution in [2.75, 3.05) is 0 Å². The van der Waals surface area contributed by atoms with Crippen LogP contribution in [-0.2, 0) is 0 Å². The van der Waals surface area contributed by atoms with Crippen LogP contribution in [0, 0.1) is 0 Å². The van der Waals surface area contributed by atoms with Gasteiger partial charge in [0.15, 0.2) is 0 Å². The fourth-order valence-electron chi connectivity index (χ4n) is 6.52. The number of rotatable bonds is 4. The van der Waals surface area contributed by atoms with E-state index in [1.165, 1.54) is 76.8 Å². The average Bonchev–Trinajstić information content (AvgIpc) is 3.07. The number of hydrogen-bond donors (Lipinski definition) is 0. The maximum absolute atomic E-state index is 2.34. The fraction of sp³-hybridized carbons (Fsp3) is 0. The van der Waals surface area contributed by atoms with Crippen molar-refractivity contribution in [3.8, 4) is 44.5 Å². The monoisotopic (exact) mass is 532 g/mol. The molecule has 0 N–H and O–H groups in total. The van der Waals surface area contributed by atoms with Crippen molar-refractivity contribution in [3.05, 3.63) is 170 Å². The predicted octanol–water partition coefficient (Wildman–Crippen LogP) is 11.8. The lowest BCUT2D eigenvalue weighted by Gasteiger charge is -2.20. The van der Waals surface area contributed by atoms with Gasteiger partial charge in [0.25, 0.3) is 0 Å². The highest BCUT2D eigenvalue weighted by Gasteiger charge is 2.19. The Morgan fingerprint density at radius 1 is 0.238 bits per heavy atom. The first kappa shape index (κ1) is 24.3. The van der Waals surface area contributed by atoms with Gasteiger partial charge < -0.3 is 0 Å². The van der Waals surface area contributed by atoms with Crippen molar-refractivity contribution < 1.29 is 0 Å². The second-order valence-corrected chi connectivity index (χ2v) is 10.9. The Morgan fingerprint density at radius 3 is 1.48 bits per heavy atom. The van der Waals surface area contributed by atoms with Gasteiger partial charge in [-0.05, 0) is 89.0 Å². The molecule has 0 atom stereocenters. The summed E-state index contributed by atoms with van der Waals surface area (Å²) in [4.78, 5) is 0. The molecule has 0 aromatic heterocycles. The van der Waals surface area contributed by atoms with Crippen molar-refractivity contribution in [2.24, 2.45) is 0 Å². The van der Waals surface area contributed by atoms with E-state index in [2.05, 4.69) is 170 Å². The zero-order valence-corrected chi connectivity index (χ0v) is 23.2. The molecule has 196 valence electrons. The molecule has 0 fully saturated rings. The van der Waals surface area contributed by atoms with E-state index in [4.69, 9.17) is 0 Å². The highest BCUT2D eigenvalue weighted by molar-refractivity contribution is 6.22. The molecule has 0 amide bonds. The molecule has 8 aromatic carbocycles. The smallest absolute Gasteiger partial charge is 0.00201 e. The fourth-order valence-corrected chi connectivity index (χ4v) is 6.52. The van der Waals surface area contributed by atoms with E-state index in [1.54, 1.807) is 0 Å². The van der Waals surface area contributed by atoms with Crippen LogP contribution in [0.2, 0.25) is 0 Å². The molecular weight excluding hydrogens is 504 g/mol. The Kier molecular flexibility index (Phi) is 5.90. The predicted molar refractivity (Wildman–Crippen MR) is 181 cm³/mol. The van der Waals surface area contributed by atoms with E-state index in [0.29, 0.717) is 0 Å². The molecule has 0 saturated heterocycles. The Balaban J connectivity index is 1.42. The highest BCUT2D eigenvalue weighted by atomic mass is 14.2. The number of hydrogen-bond acceptors (Lipinski definition) is 0. The maximum atomic E-state index is 2.34. The number of benzene rings is 8. The molecule has 0 heteroatoms. The van der Waals surface area contributed by atoms with Crippen molar-refractivity contribution in [3.63, 3.8) is 0 Å². The van der Waals surface area contributed by atoms with Crippen molar-refractivity contribution >= 4 is 32.3 Å². The van der Waals surface area contributed by atoms with E-state index < -0.39 is 0 Å². The lowest BCUT2D eigenvalue weighted by molar-refractivity contribution is 1.60. The van der Waals surface area contributed by atoms with E-state index in [9.17, 15) is 0 Å². The van der Waals surface area contributed by atoms with Crippen LogP contribution in [0.4, 0.5) is 0 Å². The van der Waals surface area contributed by atoms with E-state index in [1.807, 2.05) is 0 Å². The summed E-state index contributed by atoms with van der Waals surface area (Å²) in [5.74, 6) is 0. The molecular formula is C42H28. The van der Waals surface area contributed by atoms with Gasteiger partial charge in [0, 0.05) is 0 Å². The number of fused-ring (bicyclic) bond motifs is 3. The van der Waals surface area contributed by atoms with Crippen LogP contribution in [0.1, 0.15) is 0 Å². The normalized spacial score (nSPS) is 11.3. The van der Waals surface area contributed by atoms with Gasteiger partial charge in [0.2, 0.25) is 0 Å². The van der Waals surface area contributed by atoms with Crippen LogP contribution < -0.4 is 0 Å². The third kappa shape index (κ3) is 4.08. The van der Waals surface area contributed by atoms with E-state index in [-0.39, 0.29) is 0 Å². The Labute approximate surface area is 246 Å². The zero-order chi connectivity index (χ0) is 27.9. The lowest BCUT2D eigenvalue weighted by Crippen LogP contribution is -1.93. The molecule has 0 unspecified atom stereocenters. The standard InChI is InChI=1S/C42H28/c1-2-13-29(14-3-1)32-17-12-18-34(28-32)41-37-21-8-10-23-39(37)42(40-24-11-9-22-38(40)41)36-20-7-6-19-35(36)33-26-25-30-15-4-5-16-31(30)27-33/h1-28H. The van der Waals surface area contributed by atoms with Crippen LogP contribution in [-0.4, -0.2) is 0 Å². The Bertz CT molecular complexity index is 2180. The van der Waals surface area contributed by atoms with Gasteiger partial charge in [-0.2, -0.15) is 0 Å². The third-order valence-electron chi connectivity index (χ3n) is 8.45. The van der Waals surface area contributed by atoms with Crippen molar-refractivity contribution in [1.82, 2.24) is 0 Å². The molecule has 0 nitrogen and oxygen atoms in total. The van der Waals surface area contributed by atoms with Crippen LogP contribution in [0.15, 0.2) is 170 Å². The molecule has 0 aliphatic heterocycles. The minimum Gasteiger partial charge on any atom is -0.0622 e. The van der Waals surface area contributed by atoms with Crippen LogP contribution in [0.3, 0.4) is 0 Å². The van der Waals surface area contributed by atoms with Gasteiger partial charge in [0.1, 0.15) is 0 Å². The molecule has 8 rings (SSSR count). The summed E-state index contributed by atoms with van der Waals surface area (Å²) in [6.07, 6.45) is 0. The first-order valence-electron chi connectivity index (χ1n) is 14.5. The van der Waals surface area contributed by atoms with Gasteiger partial charge in [-0.15, -0.1) is 0 Å². The molecule has 0 heterocycles. The summed E-state index contributed by atoms with van der Waals surface area (Å²) in [5, 5.41) is 7.59. The van der Waals surface area contributed by atoms with Gasteiger partial charge >= 0.3 is 0 Å². The molecule has 0 aliphatic rings. The zero-order valence-electron chi connectivity index (χ0n) is 23.2. The molecule has 0 radical (unpaired) electrons. The molecule has 42 heavy (non-hydrogen) atoms. The van der Waals surface area contributed by atoms with Crippen LogP contribution in [0.5, 0.6) is 0 Å². The summed E-state index contributed by atoms with van der Waals surface area (Å²) in [6.45, 7) is 0. The molecule has 0 saturated carbocycles. The third-order valence-corrected chi connectivity index (χ3v) is 8.45. The first-order valence-corrected chi connectivity index (χ1v) is 14.5. The quantitative estimate of drug-likeness (QED) is 0.198. The minimum absolute atomic E-state index is 1.23. The van der Waals surface area contributed by atoms with Crippen molar-refractivity contribution in [1.29, 1.82) is 0 Å². The average molecular weight is 533 g/mol. The SMILES string of the molecule is c1ccc(-c2cccc(-c3c4ccccc4c(-c4ccccc4-c4ccc5ccccc5c4)c4ccccc34)c2)cc1. The van der Waals surface area contributed by atoms with Crippen LogP contribution in [0.25, 0.3) is 76.8 Å². The Hall–Kier alpha value is -5.46. The second-order valence-electron chi connectivity index (χ2n) is 10.9. The lowest BCUT2D eigenvalue weighted by atomic mass is 9.83. The molecule has 0 bridgehead atoms. The second kappa shape index (κ2) is 10.2. The van der Waals surface area contributed by atoms with E-state index >= 15 is 0 Å². The van der Waals surface area contributed by atoms with Gasteiger partial charge in [-0.3, -0.25) is 0 Å². The van der Waals surface area contributed by atoms with Crippen molar-refractivity contribution in [2.45, 2.75) is 0 Å². The summed E-state index contributed by atoms with van der Waals surface area (Å²) in [7, 11) is 0. The highest BCUT2D eigenvalue weighted by Crippen LogP contribution is 2.46. The summed E-state index contributed by atoms with van der Waals surface area (Å²) >= 11 is 0. The molecule has 8 aromatic rings. The summed E-state index contributed by atoms with van der Waals surface area (Å²) in [6, 6.07) is 61.7. The molecule has 0 aliphatic carbocycles. The van der Waals surface area contributed by atoms with Gasteiger partial charge in [-0.25, -0.2) is 0 Å². The first-order chi connectivity index (χ1) is 20.8. The Morgan fingerprint density at radius 2 is 0.762 bits per heavy atom. The topological polar surface area (TPSA) is 0 Å². The molecule has 0 spiro atoms. The minimum atomic E-state index is 1.23. The maximum Gasteiger partial charge on any atom is -0.00201 e. The summed E-state index contributed by atoms with van der Waals surface area (Å²) in [5.41, 5.74) is 10.00. The van der Waals surface area contributed by atoms with Gasteiger partial charge in [0.05, 0.1) is 0 Å². The van der Waals surface area contributed by atoms with E-state index in [0.717, 1.165) is 0 Å². The summed E-state index contributed by atoms with van der Waals surface area (Å²) < 4.78 is 0. The van der Waals surface area contributed by atoms with Crippen LogP contribution >= 0.6 is 0 Å². The van der Waals surface area contributed by atoms with Gasteiger partial charge in [-0.1, -0.05) is 158 Å².